The smallest absolute Gasteiger partial charge is 0.223 e. The summed E-state index contributed by atoms with van der Waals surface area (Å²) in [6.45, 7) is 0. The van der Waals surface area contributed by atoms with Crippen LogP contribution in [0.15, 0.2) is 24.5 Å². The van der Waals surface area contributed by atoms with Gasteiger partial charge in [-0.25, -0.2) is 0 Å². The number of nitrogens with zero attached hydrogens (tertiary/aromatic N) is 2. The first-order valence-electron chi connectivity index (χ1n) is 5.57. The van der Waals surface area contributed by atoms with Crippen molar-refractivity contribution in [1.29, 1.82) is 0 Å². The summed E-state index contributed by atoms with van der Waals surface area (Å²) < 4.78 is 0. The molecule has 1 saturated heterocycles. The Kier molecular flexibility index (Phi) is 1.97. The lowest BCUT2D eigenvalue weighted by atomic mass is 10.1. The van der Waals surface area contributed by atoms with Crippen LogP contribution in [0.2, 0.25) is 0 Å². The molecule has 2 aliphatic rings. The Bertz CT molecular complexity index is 372. The highest BCUT2D eigenvalue weighted by atomic mass is 16.2. The number of hydrogen-bond donors (Lipinski definition) is 0. The zero-order valence-electron chi connectivity index (χ0n) is 8.60. The lowest BCUT2D eigenvalue weighted by Crippen LogP contribution is -2.29. The summed E-state index contributed by atoms with van der Waals surface area (Å²) in [5.41, 5.74) is 1.19. The molecule has 3 heteroatoms. The van der Waals surface area contributed by atoms with E-state index in [4.69, 9.17) is 0 Å². The third-order valence-corrected chi connectivity index (χ3v) is 3.26. The quantitative estimate of drug-likeness (QED) is 0.734. The fourth-order valence-electron chi connectivity index (χ4n) is 2.41. The first-order chi connectivity index (χ1) is 7.36. The number of likely N-dealkylation sites (tertiary alicyclic amines) is 1. The van der Waals surface area contributed by atoms with E-state index in [0.29, 0.717) is 24.4 Å². The second kappa shape index (κ2) is 3.33. The molecule has 2 fully saturated rings. The van der Waals surface area contributed by atoms with Crippen molar-refractivity contribution in [2.75, 3.05) is 0 Å². The third-order valence-electron chi connectivity index (χ3n) is 3.26. The highest BCUT2D eigenvalue weighted by Gasteiger charge is 2.41. The minimum Gasteiger partial charge on any atom is -0.333 e. The molecule has 1 saturated carbocycles. The SMILES string of the molecule is O=C1CCC(c2cccnc2)N1C1CC1. The van der Waals surface area contributed by atoms with E-state index in [1.807, 2.05) is 12.3 Å². The first kappa shape index (κ1) is 8.89. The Morgan fingerprint density at radius 2 is 2.20 bits per heavy atom. The average Bonchev–Trinajstić information content (AvgIpc) is 3.03. The molecule has 1 aromatic rings. The molecule has 1 aromatic heterocycles. The number of pyridine rings is 1. The first-order valence-corrected chi connectivity index (χ1v) is 5.57. The zero-order chi connectivity index (χ0) is 10.3. The molecule has 0 radical (unpaired) electrons. The monoisotopic (exact) mass is 202 g/mol. The van der Waals surface area contributed by atoms with Crippen LogP contribution in [0.4, 0.5) is 0 Å². The van der Waals surface area contributed by atoms with Crippen molar-refractivity contribution < 1.29 is 4.79 Å². The minimum atomic E-state index is 0.290. The van der Waals surface area contributed by atoms with E-state index in [9.17, 15) is 4.79 Å². The van der Waals surface area contributed by atoms with Crippen molar-refractivity contribution in [1.82, 2.24) is 9.88 Å². The molecule has 0 aromatic carbocycles. The predicted octanol–water partition coefficient (Wildman–Crippen LogP) is 1.91. The topological polar surface area (TPSA) is 33.2 Å². The van der Waals surface area contributed by atoms with Gasteiger partial charge in [0.2, 0.25) is 5.91 Å². The van der Waals surface area contributed by atoms with E-state index in [1.165, 1.54) is 18.4 Å². The van der Waals surface area contributed by atoms with Gasteiger partial charge >= 0.3 is 0 Å². The van der Waals surface area contributed by atoms with E-state index in [1.54, 1.807) is 6.20 Å². The molecule has 3 rings (SSSR count). The number of rotatable bonds is 2. The van der Waals surface area contributed by atoms with Gasteiger partial charge in [-0.05, 0) is 30.9 Å². The summed E-state index contributed by atoms with van der Waals surface area (Å²) in [6, 6.07) is 4.83. The number of aromatic nitrogens is 1. The second-order valence-electron chi connectivity index (χ2n) is 4.37. The lowest BCUT2D eigenvalue weighted by Gasteiger charge is -2.24. The van der Waals surface area contributed by atoms with Gasteiger partial charge in [-0.15, -0.1) is 0 Å². The van der Waals surface area contributed by atoms with Crippen LogP contribution in [0.5, 0.6) is 0 Å². The Morgan fingerprint density at radius 3 is 2.87 bits per heavy atom. The Morgan fingerprint density at radius 1 is 1.33 bits per heavy atom. The van der Waals surface area contributed by atoms with Gasteiger partial charge in [0.15, 0.2) is 0 Å². The van der Waals surface area contributed by atoms with Gasteiger partial charge in [-0.2, -0.15) is 0 Å². The molecule has 1 unspecified atom stereocenters. The number of hydrogen-bond acceptors (Lipinski definition) is 2. The van der Waals surface area contributed by atoms with Crippen molar-refractivity contribution in [2.45, 2.75) is 37.8 Å². The Labute approximate surface area is 89.1 Å². The van der Waals surface area contributed by atoms with E-state index < -0.39 is 0 Å². The fourth-order valence-corrected chi connectivity index (χ4v) is 2.41. The molecule has 2 heterocycles. The normalized spacial score (nSPS) is 26.0. The van der Waals surface area contributed by atoms with Crippen LogP contribution in [0.1, 0.15) is 37.3 Å². The maximum Gasteiger partial charge on any atom is 0.223 e. The molecule has 0 bridgehead atoms. The second-order valence-corrected chi connectivity index (χ2v) is 4.37. The number of carbonyl (C=O) groups is 1. The van der Waals surface area contributed by atoms with Gasteiger partial charge in [0.25, 0.3) is 0 Å². The van der Waals surface area contributed by atoms with E-state index in [2.05, 4.69) is 16.0 Å². The van der Waals surface area contributed by atoms with E-state index in [-0.39, 0.29) is 0 Å². The minimum absolute atomic E-state index is 0.290. The molecule has 78 valence electrons. The van der Waals surface area contributed by atoms with Gasteiger partial charge in [0.05, 0.1) is 6.04 Å². The van der Waals surface area contributed by atoms with Crippen molar-refractivity contribution >= 4 is 5.91 Å². The maximum absolute atomic E-state index is 11.7. The van der Waals surface area contributed by atoms with E-state index >= 15 is 0 Å². The number of amides is 1. The van der Waals surface area contributed by atoms with Crippen molar-refractivity contribution in [3.8, 4) is 0 Å². The highest BCUT2D eigenvalue weighted by Crippen LogP contribution is 2.41. The third kappa shape index (κ3) is 1.52. The van der Waals surface area contributed by atoms with Crippen molar-refractivity contribution in [3.63, 3.8) is 0 Å². The zero-order valence-corrected chi connectivity index (χ0v) is 8.60. The molecular formula is C12H14N2O. The Balaban J connectivity index is 1.89. The molecule has 1 aliphatic carbocycles. The van der Waals surface area contributed by atoms with Gasteiger partial charge in [0, 0.05) is 24.9 Å². The molecule has 15 heavy (non-hydrogen) atoms. The standard InChI is InChI=1S/C12H14N2O/c15-12-6-5-11(14(12)10-3-4-10)9-2-1-7-13-8-9/h1-2,7-8,10-11H,3-6H2. The van der Waals surface area contributed by atoms with Crippen LogP contribution in [-0.4, -0.2) is 21.8 Å². The Hall–Kier alpha value is -1.38. The van der Waals surface area contributed by atoms with E-state index in [0.717, 1.165) is 6.42 Å². The highest BCUT2D eigenvalue weighted by molar-refractivity contribution is 5.79. The van der Waals surface area contributed by atoms with Gasteiger partial charge < -0.3 is 4.90 Å². The molecule has 0 N–H and O–H groups in total. The average molecular weight is 202 g/mol. The summed E-state index contributed by atoms with van der Waals surface area (Å²) in [5.74, 6) is 0.325. The summed E-state index contributed by atoms with van der Waals surface area (Å²) >= 11 is 0. The van der Waals surface area contributed by atoms with Crippen LogP contribution in [0.3, 0.4) is 0 Å². The molecule has 1 aliphatic heterocycles. The largest absolute Gasteiger partial charge is 0.333 e. The summed E-state index contributed by atoms with van der Waals surface area (Å²) in [6.07, 6.45) is 7.70. The van der Waals surface area contributed by atoms with Gasteiger partial charge in [-0.3, -0.25) is 9.78 Å². The van der Waals surface area contributed by atoms with Crippen LogP contribution < -0.4 is 0 Å². The van der Waals surface area contributed by atoms with Crippen LogP contribution in [-0.2, 0) is 4.79 Å². The molecule has 3 nitrogen and oxygen atoms in total. The molecular weight excluding hydrogens is 188 g/mol. The summed E-state index contributed by atoms with van der Waals surface area (Å²) in [5, 5.41) is 0. The van der Waals surface area contributed by atoms with Crippen LogP contribution in [0.25, 0.3) is 0 Å². The predicted molar refractivity (Wildman–Crippen MR) is 56.1 cm³/mol. The van der Waals surface area contributed by atoms with Crippen molar-refractivity contribution in [2.24, 2.45) is 0 Å². The molecule has 1 amide bonds. The van der Waals surface area contributed by atoms with Gasteiger partial charge in [-0.1, -0.05) is 6.07 Å². The molecule has 1 atom stereocenters. The fraction of sp³-hybridized carbons (Fsp3) is 0.500. The number of carbonyl (C=O) groups excluding carboxylic acids is 1. The summed E-state index contributed by atoms with van der Waals surface area (Å²) in [4.78, 5) is 18.0. The maximum atomic E-state index is 11.7. The lowest BCUT2D eigenvalue weighted by molar-refractivity contribution is -0.129. The van der Waals surface area contributed by atoms with Crippen molar-refractivity contribution in [3.05, 3.63) is 30.1 Å². The van der Waals surface area contributed by atoms with Crippen LogP contribution >= 0.6 is 0 Å². The van der Waals surface area contributed by atoms with Crippen LogP contribution in [0, 0.1) is 0 Å². The summed E-state index contributed by atoms with van der Waals surface area (Å²) in [7, 11) is 0. The van der Waals surface area contributed by atoms with Gasteiger partial charge in [0.1, 0.15) is 0 Å². The molecule has 0 spiro atoms.